The van der Waals surface area contributed by atoms with E-state index in [-0.39, 0.29) is 5.91 Å². The topological polar surface area (TPSA) is 38.3 Å². The molecule has 3 nitrogen and oxygen atoms in total. The Morgan fingerprint density at radius 1 is 1.50 bits per heavy atom. The first kappa shape index (κ1) is 16.1. The third-order valence-electron chi connectivity index (χ3n) is 3.40. The van der Waals surface area contributed by atoms with E-state index in [1.54, 1.807) is 13.2 Å². The predicted octanol–water partition coefficient (Wildman–Crippen LogP) is 3.04. The molecule has 0 saturated carbocycles. The Morgan fingerprint density at radius 3 is 2.85 bits per heavy atom. The summed E-state index contributed by atoms with van der Waals surface area (Å²) in [5.41, 5.74) is 1.65. The third-order valence-corrected chi connectivity index (χ3v) is 3.40. The first-order chi connectivity index (χ1) is 9.62. The summed E-state index contributed by atoms with van der Waals surface area (Å²) in [6.07, 6.45) is 7.74. The van der Waals surface area contributed by atoms with E-state index in [0.29, 0.717) is 24.4 Å². The largest absolute Gasteiger partial charge is 0.496 e. The van der Waals surface area contributed by atoms with Gasteiger partial charge in [0.2, 0.25) is 0 Å². The van der Waals surface area contributed by atoms with Crippen LogP contribution in [0.5, 0.6) is 5.75 Å². The lowest BCUT2D eigenvalue weighted by atomic mass is 10.0. The molecule has 0 spiro atoms. The summed E-state index contributed by atoms with van der Waals surface area (Å²) < 4.78 is 5.33. The summed E-state index contributed by atoms with van der Waals surface area (Å²) in [5, 5.41) is 2.94. The molecule has 0 aliphatic carbocycles. The Balaban J connectivity index is 2.76. The van der Waals surface area contributed by atoms with Crippen LogP contribution in [0.2, 0.25) is 0 Å². The van der Waals surface area contributed by atoms with Gasteiger partial charge in [-0.25, -0.2) is 0 Å². The number of hydrogen-bond donors (Lipinski definition) is 1. The van der Waals surface area contributed by atoms with Crippen molar-refractivity contribution in [1.29, 1.82) is 0 Å². The molecule has 0 radical (unpaired) electrons. The minimum atomic E-state index is -0.0629. The molecular formula is C17H23NO2. The first-order valence-electron chi connectivity index (χ1n) is 7.00. The molecule has 1 N–H and O–H groups in total. The van der Waals surface area contributed by atoms with E-state index in [1.165, 1.54) is 0 Å². The Kier molecular flexibility index (Phi) is 6.66. The summed E-state index contributed by atoms with van der Waals surface area (Å²) in [6.45, 7) is 4.92. The van der Waals surface area contributed by atoms with Crippen LogP contribution in [0.1, 0.15) is 42.6 Å². The van der Waals surface area contributed by atoms with Crippen molar-refractivity contribution in [3.8, 4) is 18.1 Å². The average Bonchev–Trinajstić information content (AvgIpc) is 2.49. The van der Waals surface area contributed by atoms with Crippen molar-refractivity contribution in [2.75, 3.05) is 13.7 Å². The SMILES string of the molecule is C#CCCc1ccc(C(=O)NCC(C)CC)cc1OC. The van der Waals surface area contributed by atoms with Gasteiger partial charge in [0.05, 0.1) is 7.11 Å². The monoisotopic (exact) mass is 273 g/mol. The van der Waals surface area contributed by atoms with Crippen molar-refractivity contribution >= 4 is 5.91 Å². The summed E-state index contributed by atoms with van der Waals surface area (Å²) in [4.78, 5) is 12.1. The van der Waals surface area contributed by atoms with Crippen molar-refractivity contribution in [1.82, 2.24) is 5.32 Å². The Morgan fingerprint density at radius 2 is 2.25 bits per heavy atom. The molecule has 0 bridgehead atoms. The highest BCUT2D eigenvalue weighted by Crippen LogP contribution is 2.21. The van der Waals surface area contributed by atoms with Crippen LogP contribution in [0.3, 0.4) is 0 Å². The van der Waals surface area contributed by atoms with Gasteiger partial charge in [0.15, 0.2) is 0 Å². The van der Waals surface area contributed by atoms with E-state index in [0.717, 1.165) is 24.2 Å². The molecular weight excluding hydrogens is 250 g/mol. The molecule has 1 unspecified atom stereocenters. The fourth-order valence-electron chi connectivity index (χ4n) is 1.81. The lowest BCUT2D eigenvalue weighted by Gasteiger charge is -2.12. The molecule has 0 aliphatic heterocycles. The number of ether oxygens (including phenoxy) is 1. The normalized spacial score (nSPS) is 11.5. The highest BCUT2D eigenvalue weighted by atomic mass is 16.5. The number of benzene rings is 1. The standard InChI is InChI=1S/C17H23NO2/c1-5-7-8-14-9-10-15(11-16(14)20-4)17(19)18-12-13(3)6-2/h1,9-11,13H,6-8,12H2,2-4H3,(H,18,19). The van der Waals surface area contributed by atoms with Gasteiger partial charge in [0, 0.05) is 18.5 Å². The second-order valence-corrected chi connectivity index (χ2v) is 4.95. The molecule has 1 aromatic rings. The minimum Gasteiger partial charge on any atom is -0.496 e. The van der Waals surface area contributed by atoms with Crippen molar-refractivity contribution in [3.63, 3.8) is 0 Å². The van der Waals surface area contributed by atoms with Crippen LogP contribution < -0.4 is 10.1 Å². The molecule has 20 heavy (non-hydrogen) atoms. The van der Waals surface area contributed by atoms with E-state index in [2.05, 4.69) is 25.1 Å². The maximum absolute atomic E-state index is 12.1. The fourth-order valence-corrected chi connectivity index (χ4v) is 1.81. The van der Waals surface area contributed by atoms with Crippen molar-refractivity contribution in [3.05, 3.63) is 29.3 Å². The molecule has 0 fully saturated rings. The van der Waals surface area contributed by atoms with E-state index < -0.39 is 0 Å². The Labute approximate surface area is 121 Å². The summed E-state index contributed by atoms with van der Waals surface area (Å²) in [5.74, 6) is 3.75. The number of nitrogens with one attached hydrogen (secondary N) is 1. The molecule has 3 heteroatoms. The average molecular weight is 273 g/mol. The third kappa shape index (κ3) is 4.62. The lowest BCUT2D eigenvalue weighted by Crippen LogP contribution is -2.28. The lowest BCUT2D eigenvalue weighted by molar-refractivity contribution is 0.0947. The van der Waals surface area contributed by atoms with Gasteiger partial charge in [-0.1, -0.05) is 26.3 Å². The molecule has 1 atom stereocenters. The Hall–Kier alpha value is -1.95. The second-order valence-electron chi connectivity index (χ2n) is 4.95. The van der Waals surface area contributed by atoms with Gasteiger partial charge in [0.25, 0.3) is 5.91 Å². The zero-order valence-electron chi connectivity index (χ0n) is 12.5. The number of carbonyl (C=O) groups excluding carboxylic acids is 1. The molecule has 0 aromatic heterocycles. The quantitative estimate of drug-likeness (QED) is 0.775. The first-order valence-corrected chi connectivity index (χ1v) is 7.00. The summed E-state index contributed by atoms with van der Waals surface area (Å²) in [6, 6.07) is 5.51. The van der Waals surface area contributed by atoms with E-state index in [9.17, 15) is 4.79 Å². The van der Waals surface area contributed by atoms with Crippen LogP contribution >= 0.6 is 0 Å². The number of aryl methyl sites for hydroxylation is 1. The van der Waals surface area contributed by atoms with Crippen LogP contribution in [0.15, 0.2) is 18.2 Å². The molecule has 1 rings (SSSR count). The smallest absolute Gasteiger partial charge is 0.251 e. The molecule has 0 saturated heterocycles. The maximum atomic E-state index is 12.1. The number of methoxy groups -OCH3 is 1. The van der Waals surface area contributed by atoms with Crippen LogP contribution in [0.25, 0.3) is 0 Å². The van der Waals surface area contributed by atoms with Gasteiger partial charge in [0.1, 0.15) is 5.75 Å². The maximum Gasteiger partial charge on any atom is 0.251 e. The van der Waals surface area contributed by atoms with Gasteiger partial charge in [-0.3, -0.25) is 4.79 Å². The van der Waals surface area contributed by atoms with Gasteiger partial charge >= 0.3 is 0 Å². The number of carbonyl (C=O) groups is 1. The molecule has 108 valence electrons. The van der Waals surface area contributed by atoms with E-state index in [1.807, 2.05) is 12.1 Å². The van der Waals surface area contributed by atoms with Crippen LogP contribution in [0, 0.1) is 18.3 Å². The summed E-state index contributed by atoms with van der Waals surface area (Å²) in [7, 11) is 1.61. The van der Waals surface area contributed by atoms with Gasteiger partial charge < -0.3 is 10.1 Å². The zero-order valence-corrected chi connectivity index (χ0v) is 12.5. The van der Waals surface area contributed by atoms with Crippen molar-refractivity contribution in [2.24, 2.45) is 5.92 Å². The fraction of sp³-hybridized carbons (Fsp3) is 0.471. The van der Waals surface area contributed by atoms with E-state index in [4.69, 9.17) is 11.2 Å². The van der Waals surface area contributed by atoms with Gasteiger partial charge in [-0.15, -0.1) is 12.3 Å². The van der Waals surface area contributed by atoms with Crippen LogP contribution in [0.4, 0.5) is 0 Å². The van der Waals surface area contributed by atoms with Crippen LogP contribution in [-0.2, 0) is 6.42 Å². The van der Waals surface area contributed by atoms with Crippen LogP contribution in [-0.4, -0.2) is 19.6 Å². The number of rotatable bonds is 7. The second kappa shape index (κ2) is 8.27. The van der Waals surface area contributed by atoms with E-state index >= 15 is 0 Å². The molecule has 0 heterocycles. The number of amides is 1. The summed E-state index contributed by atoms with van der Waals surface area (Å²) >= 11 is 0. The highest BCUT2D eigenvalue weighted by molar-refractivity contribution is 5.94. The minimum absolute atomic E-state index is 0.0629. The predicted molar refractivity (Wildman–Crippen MR) is 81.9 cm³/mol. The van der Waals surface area contributed by atoms with Crippen molar-refractivity contribution in [2.45, 2.75) is 33.1 Å². The van der Waals surface area contributed by atoms with Gasteiger partial charge in [-0.05, 0) is 30.0 Å². The zero-order chi connectivity index (χ0) is 15.0. The molecule has 0 aliphatic rings. The van der Waals surface area contributed by atoms with Gasteiger partial charge in [-0.2, -0.15) is 0 Å². The van der Waals surface area contributed by atoms with Crippen molar-refractivity contribution < 1.29 is 9.53 Å². The molecule has 1 aromatic carbocycles. The number of hydrogen-bond acceptors (Lipinski definition) is 2. The highest BCUT2D eigenvalue weighted by Gasteiger charge is 2.10. The number of terminal acetylenes is 1. The Bertz CT molecular complexity index is 488. The molecule has 1 amide bonds.